The number of hydrogen-bond donors (Lipinski definition) is 0. The van der Waals surface area contributed by atoms with Crippen LogP contribution in [0, 0.1) is 0 Å². The molecular weight excluding hydrogens is 336 g/mol. The largest absolute Gasteiger partial charge is 0.394 e. The van der Waals surface area contributed by atoms with Gasteiger partial charge in [-0.3, -0.25) is 0 Å². The molecule has 0 atom stereocenters. The smallest absolute Gasteiger partial charge is 0.337 e. The standard InChI is InChI=1S/C23H42O2Si/c1-4-7-8-9-10-11-12-13-17-21-24-26(5-2,6-3)25-22-20-23-18-15-14-16-19-23/h14-16,18-19H,4-13,17,20-22H2,1-3H3. The number of rotatable bonds is 17. The summed E-state index contributed by atoms with van der Waals surface area (Å²) in [5.41, 5.74) is 1.35. The molecule has 150 valence electrons. The van der Waals surface area contributed by atoms with Crippen LogP contribution in [0.4, 0.5) is 0 Å². The molecule has 0 spiro atoms. The first-order chi connectivity index (χ1) is 12.8. The first-order valence-corrected chi connectivity index (χ1v) is 13.3. The van der Waals surface area contributed by atoms with Crippen molar-refractivity contribution in [3.05, 3.63) is 35.9 Å². The Morgan fingerprint density at radius 3 is 1.77 bits per heavy atom. The lowest BCUT2D eigenvalue weighted by Crippen LogP contribution is -2.41. The molecule has 0 radical (unpaired) electrons. The van der Waals surface area contributed by atoms with Crippen LogP contribution in [0.1, 0.15) is 84.1 Å². The molecule has 2 nitrogen and oxygen atoms in total. The van der Waals surface area contributed by atoms with Gasteiger partial charge in [-0.05, 0) is 30.5 Å². The van der Waals surface area contributed by atoms with E-state index in [2.05, 4.69) is 51.1 Å². The number of benzene rings is 1. The van der Waals surface area contributed by atoms with Crippen LogP contribution in [0.2, 0.25) is 12.1 Å². The first kappa shape index (κ1) is 23.4. The molecule has 0 heterocycles. The van der Waals surface area contributed by atoms with Gasteiger partial charge in [-0.1, -0.05) is 102 Å². The molecule has 0 aliphatic heterocycles. The Hall–Kier alpha value is -0.643. The van der Waals surface area contributed by atoms with Crippen molar-refractivity contribution in [2.24, 2.45) is 0 Å². The van der Waals surface area contributed by atoms with Gasteiger partial charge in [0.1, 0.15) is 0 Å². The Kier molecular flexibility index (Phi) is 13.9. The van der Waals surface area contributed by atoms with Crippen molar-refractivity contribution < 1.29 is 8.85 Å². The van der Waals surface area contributed by atoms with Gasteiger partial charge >= 0.3 is 8.56 Å². The molecule has 0 unspecified atom stereocenters. The van der Waals surface area contributed by atoms with Gasteiger partial charge in [-0.15, -0.1) is 0 Å². The molecule has 0 aliphatic carbocycles. The Morgan fingerprint density at radius 2 is 1.19 bits per heavy atom. The summed E-state index contributed by atoms with van der Waals surface area (Å²) in [6, 6.07) is 12.7. The maximum Gasteiger partial charge on any atom is 0.337 e. The highest BCUT2D eigenvalue weighted by Gasteiger charge is 2.33. The fraction of sp³-hybridized carbons (Fsp3) is 0.739. The van der Waals surface area contributed by atoms with Crippen molar-refractivity contribution in [1.82, 2.24) is 0 Å². The topological polar surface area (TPSA) is 18.5 Å². The van der Waals surface area contributed by atoms with Crippen LogP contribution in [0.3, 0.4) is 0 Å². The second kappa shape index (κ2) is 15.4. The molecule has 0 aliphatic rings. The third-order valence-corrected chi connectivity index (χ3v) is 8.90. The van der Waals surface area contributed by atoms with E-state index in [0.717, 1.165) is 31.7 Å². The van der Waals surface area contributed by atoms with Gasteiger partial charge in [0.25, 0.3) is 0 Å². The highest BCUT2D eigenvalue weighted by molar-refractivity contribution is 6.67. The summed E-state index contributed by atoms with van der Waals surface area (Å²) in [5, 5.41) is 0. The Morgan fingerprint density at radius 1 is 0.654 bits per heavy atom. The summed E-state index contributed by atoms with van der Waals surface area (Å²) in [6.07, 6.45) is 13.2. The highest BCUT2D eigenvalue weighted by atomic mass is 28.4. The molecule has 0 N–H and O–H groups in total. The zero-order valence-corrected chi connectivity index (χ0v) is 18.6. The zero-order valence-electron chi connectivity index (χ0n) is 17.6. The molecule has 3 heteroatoms. The maximum atomic E-state index is 6.34. The predicted molar refractivity (Wildman–Crippen MR) is 116 cm³/mol. The van der Waals surface area contributed by atoms with Gasteiger partial charge in [-0.2, -0.15) is 0 Å². The van der Waals surface area contributed by atoms with E-state index < -0.39 is 8.56 Å². The second-order valence-corrected chi connectivity index (χ2v) is 11.2. The zero-order chi connectivity index (χ0) is 18.9. The predicted octanol–water partition coefficient (Wildman–Crippen LogP) is 7.28. The van der Waals surface area contributed by atoms with Crippen molar-refractivity contribution in [1.29, 1.82) is 0 Å². The van der Waals surface area contributed by atoms with Crippen molar-refractivity contribution in [3.63, 3.8) is 0 Å². The van der Waals surface area contributed by atoms with E-state index in [1.165, 1.54) is 63.4 Å². The van der Waals surface area contributed by atoms with Gasteiger partial charge in [0.15, 0.2) is 0 Å². The summed E-state index contributed by atoms with van der Waals surface area (Å²) < 4.78 is 12.7. The molecule has 0 saturated heterocycles. The normalized spacial score (nSPS) is 11.8. The fourth-order valence-electron chi connectivity index (χ4n) is 3.37. The van der Waals surface area contributed by atoms with Crippen LogP contribution in [-0.4, -0.2) is 21.8 Å². The first-order valence-electron chi connectivity index (χ1n) is 11.1. The molecule has 1 rings (SSSR count). The van der Waals surface area contributed by atoms with Crippen LogP contribution in [0.15, 0.2) is 30.3 Å². The Balaban J connectivity index is 2.13. The van der Waals surface area contributed by atoms with Crippen molar-refractivity contribution in [3.8, 4) is 0 Å². The van der Waals surface area contributed by atoms with E-state index in [1.807, 2.05) is 0 Å². The maximum absolute atomic E-state index is 6.34. The SMILES string of the molecule is CCCCCCCCCCCO[Si](CC)(CC)OCCc1ccccc1. The molecule has 0 fully saturated rings. The van der Waals surface area contributed by atoms with E-state index >= 15 is 0 Å². The van der Waals surface area contributed by atoms with Crippen LogP contribution in [0.5, 0.6) is 0 Å². The summed E-state index contributed by atoms with van der Waals surface area (Å²) in [6.45, 7) is 8.41. The lowest BCUT2D eigenvalue weighted by molar-refractivity contribution is 0.167. The molecule has 1 aromatic carbocycles. The molecule has 0 saturated carbocycles. The van der Waals surface area contributed by atoms with Crippen LogP contribution < -0.4 is 0 Å². The lowest BCUT2D eigenvalue weighted by Gasteiger charge is -2.29. The lowest BCUT2D eigenvalue weighted by atomic mass is 10.1. The van der Waals surface area contributed by atoms with Crippen LogP contribution >= 0.6 is 0 Å². The van der Waals surface area contributed by atoms with E-state index in [1.54, 1.807) is 0 Å². The number of hydrogen-bond acceptors (Lipinski definition) is 2. The molecule has 1 aromatic rings. The summed E-state index contributed by atoms with van der Waals surface area (Å²) >= 11 is 0. The van der Waals surface area contributed by atoms with Gasteiger partial charge in [0.2, 0.25) is 0 Å². The van der Waals surface area contributed by atoms with E-state index in [-0.39, 0.29) is 0 Å². The van der Waals surface area contributed by atoms with Gasteiger partial charge in [-0.25, -0.2) is 0 Å². The third-order valence-electron chi connectivity index (χ3n) is 5.29. The van der Waals surface area contributed by atoms with Crippen LogP contribution in [0.25, 0.3) is 0 Å². The number of unbranched alkanes of at least 4 members (excludes halogenated alkanes) is 8. The monoisotopic (exact) mass is 378 g/mol. The van der Waals surface area contributed by atoms with Gasteiger partial charge in [0, 0.05) is 13.2 Å². The van der Waals surface area contributed by atoms with Gasteiger partial charge < -0.3 is 8.85 Å². The van der Waals surface area contributed by atoms with Crippen LogP contribution in [-0.2, 0) is 15.3 Å². The summed E-state index contributed by atoms with van der Waals surface area (Å²) in [7, 11) is -1.99. The Labute approximate surface area is 163 Å². The van der Waals surface area contributed by atoms with E-state index in [9.17, 15) is 0 Å². The minimum atomic E-state index is -1.99. The van der Waals surface area contributed by atoms with Crippen molar-refractivity contribution in [2.45, 2.75) is 97.1 Å². The molecular formula is C23H42O2Si. The van der Waals surface area contributed by atoms with E-state index in [4.69, 9.17) is 8.85 Å². The average molecular weight is 379 g/mol. The molecule has 26 heavy (non-hydrogen) atoms. The minimum Gasteiger partial charge on any atom is -0.394 e. The summed E-state index contributed by atoms with van der Waals surface area (Å²) in [4.78, 5) is 0. The summed E-state index contributed by atoms with van der Waals surface area (Å²) in [5.74, 6) is 0. The van der Waals surface area contributed by atoms with Gasteiger partial charge in [0.05, 0.1) is 0 Å². The molecule has 0 aromatic heterocycles. The van der Waals surface area contributed by atoms with E-state index in [0.29, 0.717) is 0 Å². The average Bonchev–Trinajstić information content (AvgIpc) is 2.69. The second-order valence-electron chi connectivity index (χ2n) is 7.38. The minimum absolute atomic E-state index is 0.787. The molecule has 0 amide bonds. The quantitative estimate of drug-likeness (QED) is 0.209. The molecule has 0 bridgehead atoms. The highest BCUT2D eigenvalue weighted by Crippen LogP contribution is 2.20. The van der Waals surface area contributed by atoms with Crippen molar-refractivity contribution >= 4 is 8.56 Å². The fourth-order valence-corrected chi connectivity index (χ4v) is 5.76. The van der Waals surface area contributed by atoms with Crippen molar-refractivity contribution in [2.75, 3.05) is 13.2 Å². The Bertz CT molecular complexity index is 417. The third kappa shape index (κ3) is 10.5.